The van der Waals surface area contributed by atoms with Gasteiger partial charge in [0, 0.05) is 31.4 Å². The molecular weight excluding hydrogens is 198 g/mol. The molecule has 2 atom stereocenters. The molecule has 3 nitrogen and oxygen atoms in total. The summed E-state index contributed by atoms with van der Waals surface area (Å²) in [6.07, 6.45) is 3.05. The monoisotopic (exact) mass is 219 g/mol. The maximum atomic E-state index is 4.54. The van der Waals surface area contributed by atoms with Crippen LogP contribution in [0.5, 0.6) is 0 Å². The maximum Gasteiger partial charge on any atom is 0.128 e. The first kappa shape index (κ1) is 11.4. The third-order valence-corrected chi connectivity index (χ3v) is 3.10. The number of aryl methyl sites for hydroxylation is 1. The van der Waals surface area contributed by atoms with Gasteiger partial charge in [0.05, 0.1) is 0 Å². The number of nitrogens with zero attached hydrogens (tertiary/aromatic N) is 2. The Morgan fingerprint density at radius 1 is 1.31 bits per heavy atom. The number of piperazine rings is 1. The van der Waals surface area contributed by atoms with E-state index < -0.39 is 0 Å². The largest absolute Gasteiger partial charge is 0.354 e. The molecule has 2 heterocycles. The highest BCUT2D eigenvalue weighted by molar-refractivity contribution is 5.40. The molecule has 0 saturated carbocycles. The fourth-order valence-corrected chi connectivity index (χ4v) is 2.33. The lowest BCUT2D eigenvalue weighted by atomic mass is 10.1. The zero-order valence-electron chi connectivity index (χ0n) is 10.4. The van der Waals surface area contributed by atoms with Crippen LogP contribution in [0.3, 0.4) is 0 Å². The van der Waals surface area contributed by atoms with E-state index in [0.717, 1.165) is 25.3 Å². The molecule has 1 N–H and O–H groups in total. The van der Waals surface area contributed by atoms with Crippen molar-refractivity contribution in [1.82, 2.24) is 10.3 Å². The van der Waals surface area contributed by atoms with Crippen molar-refractivity contribution < 1.29 is 0 Å². The van der Waals surface area contributed by atoms with Crippen molar-refractivity contribution >= 4 is 5.82 Å². The number of pyridine rings is 1. The third-order valence-electron chi connectivity index (χ3n) is 3.10. The Morgan fingerprint density at radius 3 is 2.50 bits per heavy atom. The first-order valence-corrected chi connectivity index (χ1v) is 6.15. The first-order valence-electron chi connectivity index (χ1n) is 6.15. The van der Waals surface area contributed by atoms with Crippen LogP contribution in [-0.4, -0.2) is 30.2 Å². The molecule has 1 saturated heterocycles. The topological polar surface area (TPSA) is 28.2 Å². The molecule has 16 heavy (non-hydrogen) atoms. The highest BCUT2D eigenvalue weighted by Crippen LogP contribution is 2.15. The molecule has 0 aliphatic carbocycles. The van der Waals surface area contributed by atoms with Crippen molar-refractivity contribution in [3.63, 3.8) is 0 Å². The minimum atomic E-state index is 0.538. The summed E-state index contributed by atoms with van der Waals surface area (Å²) in [5, 5.41) is 3.53. The van der Waals surface area contributed by atoms with Gasteiger partial charge in [-0.15, -0.1) is 0 Å². The van der Waals surface area contributed by atoms with Crippen molar-refractivity contribution in [1.29, 1.82) is 0 Å². The molecular formula is C13H21N3. The fraction of sp³-hybridized carbons (Fsp3) is 0.615. The van der Waals surface area contributed by atoms with Crippen LogP contribution in [0.4, 0.5) is 5.82 Å². The Hall–Kier alpha value is -1.09. The van der Waals surface area contributed by atoms with E-state index in [2.05, 4.69) is 48.1 Å². The zero-order chi connectivity index (χ0) is 11.5. The summed E-state index contributed by atoms with van der Waals surface area (Å²) >= 11 is 0. The van der Waals surface area contributed by atoms with E-state index in [1.807, 2.05) is 6.20 Å². The second-order valence-corrected chi connectivity index (χ2v) is 4.75. The van der Waals surface area contributed by atoms with Gasteiger partial charge < -0.3 is 10.2 Å². The number of nitrogens with one attached hydrogen (secondary N) is 1. The Bertz CT molecular complexity index is 324. The minimum Gasteiger partial charge on any atom is -0.354 e. The Morgan fingerprint density at radius 2 is 2.00 bits per heavy atom. The first-order chi connectivity index (χ1) is 7.69. The molecule has 1 fully saturated rings. The highest BCUT2D eigenvalue weighted by atomic mass is 15.2. The lowest BCUT2D eigenvalue weighted by Gasteiger charge is -2.36. The van der Waals surface area contributed by atoms with Gasteiger partial charge in [0.1, 0.15) is 5.82 Å². The summed E-state index contributed by atoms with van der Waals surface area (Å²) in [5.41, 5.74) is 1.31. The van der Waals surface area contributed by atoms with Crippen LogP contribution in [0.2, 0.25) is 0 Å². The van der Waals surface area contributed by atoms with Crippen molar-refractivity contribution in [2.24, 2.45) is 0 Å². The van der Waals surface area contributed by atoms with Gasteiger partial charge in [-0.05, 0) is 31.9 Å². The van der Waals surface area contributed by atoms with Gasteiger partial charge in [-0.3, -0.25) is 0 Å². The number of anilines is 1. The molecule has 0 amide bonds. The molecule has 2 rings (SSSR count). The molecule has 0 spiro atoms. The lowest BCUT2D eigenvalue weighted by molar-refractivity contribution is 0.405. The fourth-order valence-electron chi connectivity index (χ4n) is 2.33. The van der Waals surface area contributed by atoms with Crippen molar-refractivity contribution in [3.8, 4) is 0 Å². The zero-order valence-corrected chi connectivity index (χ0v) is 10.4. The molecule has 1 aromatic heterocycles. The van der Waals surface area contributed by atoms with Gasteiger partial charge >= 0.3 is 0 Å². The minimum absolute atomic E-state index is 0.538. The summed E-state index contributed by atoms with van der Waals surface area (Å²) < 4.78 is 0. The van der Waals surface area contributed by atoms with E-state index in [4.69, 9.17) is 0 Å². The number of hydrogen-bond acceptors (Lipinski definition) is 3. The number of rotatable bonds is 2. The average Bonchev–Trinajstić information content (AvgIpc) is 2.28. The second-order valence-electron chi connectivity index (χ2n) is 4.75. The Kier molecular flexibility index (Phi) is 3.44. The van der Waals surface area contributed by atoms with Gasteiger partial charge in [0.2, 0.25) is 0 Å². The summed E-state index contributed by atoms with van der Waals surface area (Å²) in [6.45, 7) is 8.70. The summed E-state index contributed by atoms with van der Waals surface area (Å²) in [4.78, 5) is 6.91. The summed E-state index contributed by atoms with van der Waals surface area (Å²) in [6, 6.07) is 5.40. The third kappa shape index (κ3) is 2.53. The van der Waals surface area contributed by atoms with Gasteiger partial charge in [-0.2, -0.15) is 0 Å². The van der Waals surface area contributed by atoms with E-state index in [1.54, 1.807) is 0 Å². The van der Waals surface area contributed by atoms with Gasteiger partial charge in [0.15, 0.2) is 0 Å². The Balaban J connectivity index is 2.10. The molecule has 1 aliphatic rings. The molecule has 0 radical (unpaired) electrons. The normalized spacial score (nSPS) is 25.8. The molecule has 88 valence electrons. The van der Waals surface area contributed by atoms with Crippen molar-refractivity contribution in [2.75, 3.05) is 18.0 Å². The molecule has 2 unspecified atom stereocenters. The van der Waals surface area contributed by atoms with Gasteiger partial charge in [-0.1, -0.05) is 13.0 Å². The molecule has 1 aliphatic heterocycles. The predicted molar refractivity (Wildman–Crippen MR) is 67.9 cm³/mol. The molecule has 1 aromatic rings. The molecule has 0 bridgehead atoms. The van der Waals surface area contributed by atoms with E-state index in [0.29, 0.717) is 12.1 Å². The van der Waals surface area contributed by atoms with E-state index >= 15 is 0 Å². The van der Waals surface area contributed by atoms with Crippen LogP contribution >= 0.6 is 0 Å². The molecule has 3 heteroatoms. The number of hydrogen-bond donors (Lipinski definition) is 1. The standard InChI is InChI=1S/C13H21N3/c1-4-12-5-6-13(14-7-12)16-8-10(2)15-11(3)9-16/h5-7,10-11,15H,4,8-9H2,1-3H3. The van der Waals surface area contributed by atoms with E-state index in [9.17, 15) is 0 Å². The summed E-state index contributed by atoms with van der Waals surface area (Å²) in [7, 11) is 0. The summed E-state index contributed by atoms with van der Waals surface area (Å²) in [5.74, 6) is 1.11. The smallest absolute Gasteiger partial charge is 0.128 e. The van der Waals surface area contributed by atoms with Crippen LogP contribution < -0.4 is 10.2 Å². The van der Waals surface area contributed by atoms with Gasteiger partial charge in [-0.25, -0.2) is 4.98 Å². The van der Waals surface area contributed by atoms with Crippen LogP contribution in [0.15, 0.2) is 18.3 Å². The van der Waals surface area contributed by atoms with E-state index in [-0.39, 0.29) is 0 Å². The second kappa shape index (κ2) is 4.83. The molecule has 0 aromatic carbocycles. The highest BCUT2D eigenvalue weighted by Gasteiger charge is 2.21. The van der Waals surface area contributed by atoms with Crippen molar-refractivity contribution in [3.05, 3.63) is 23.9 Å². The predicted octanol–water partition coefficient (Wildman–Crippen LogP) is 1.83. The average molecular weight is 219 g/mol. The lowest BCUT2D eigenvalue weighted by Crippen LogP contribution is -2.54. The Labute approximate surface area is 97.9 Å². The maximum absolute atomic E-state index is 4.54. The van der Waals surface area contributed by atoms with Crippen LogP contribution in [0.25, 0.3) is 0 Å². The van der Waals surface area contributed by atoms with Crippen LogP contribution in [0.1, 0.15) is 26.3 Å². The van der Waals surface area contributed by atoms with Gasteiger partial charge in [0.25, 0.3) is 0 Å². The quantitative estimate of drug-likeness (QED) is 0.822. The number of aromatic nitrogens is 1. The van der Waals surface area contributed by atoms with Crippen LogP contribution in [-0.2, 0) is 6.42 Å². The van der Waals surface area contributed by atoms with Crippen molar-refractivity contribution in [2.45, 2.75) is 39.3 Å². The SMILES string of the molecule is CCc1ccc(N2CC(C)NC(C)C2)nc1. The van der Waals surface area contributed by atoms with Crippen LogP contribution in [0, 0.1) is 0 Å². The van der Waals surface area contributed by atoms with E-state index in [1.165, 1.54) is 5.56 Å².